The Morgan fingerprint density at radius 1 is 1.62 bits per heavy atom. The highest BCUT2D eigenvalue weighted by atomic mass is 16.5. The van der Waals surface area contributed by atoms with E-state index in [9.17, 15) is 4.79 Å². The zero-order chi connectivity index (χ0) is 11.5. The molecular weight excluding hydrogens is 208 g/mol. The molecule has 16 heavy (non-hydrogen) atoms. The molecule has 1 unspecified atom stereocenters. The van der Waals surface area contributed by atoms with E-state index in [1.807, 2.05) is 0 Å². The molecule has 0 spiro atoms. The van der Waals surface area contributed by atoms with Crippen LogP contribution in [0, 0.1) is 5.92 Å². The first-order chi connectivity index (χ1) is 7.70. The van der Waals surface area contributed by atoms with Crippen molar-refractivity contribution in [1.82, 2.24) is 4.98 Å². The second kappa shape index (κ2) is 4.38. The smallest absolute Gasteiger partial charge is 0.326 e. The number of carboxylic acids is 1. The number of aromatic nitrogens is 1. The van der Waals surface area contributed by atoms with Crippen molar-refractivity contribution >= 4 is 11.7 Å². The number of pyridine rings is 1. The van der Waals surface area contributed by atoms with Crippen LogP contribution >= 0.6 is 0 Å². The maximum atomic E-state index is 11.0. The van der Waals surface area contributed by atoms with Gasteiger partial charge in [-0.25, -0.2) is 9.78 Å². The number of hydrogen-bond donors (Lipinski definition) is 2. The number of carboxylic acid groups (broad SMARTS) is 1. The second-order valence-electron chi connectivity index (χ2n) is 3.89. The minimum Gasteiger partial charge on any atom is -0.481 e. The summed E-state index contributed by atoms with van der Waals surface area (Å²) in [6.45, 7) is 0. The molecule has 0 aromatic carbocycles. The van der Waals surface area contributed by atoms with Crippen molar-refractivity contribution in [1.29, 1.82) is 0 Å². The molecule has 1 aromatic heterocycles. The van der Waals surface area contributed by atoms with E-state index in [2.05, 4.69) is 10.3 Å². The fraction of sp³-hybridized carbons (Fsp3) is 0.455. The van der Waals surface area contributed by atoms with Crippen molar-refractivity contribution in [2.24, 2.45) is 5.92 Å². The first kappa shape index (κ1) is 10.7. The number of rotatable bonds is 5. The summed E-state index contributed by atoms with van der Waals surface area (Å²) in [5.74, 6) is -0.0400. The van der Waals surface area contributed by atoms with Crippen LogP contribution in [-0.2, 0) is 4.79 Å². The van der Waals surface area contributed by atoms with E-state index in [1.54, 1.807) is 25.4 Å². The summed E-state index contributed by atoms with van der Waals surface area (Å²) < 4.78 is 4.93. The summed E-state index contributed by atoms with van der Waals surface area (Å²) in [4.78, 5) is 15.0. The molecule has 5 nitrogen and oxygen atoms in total. The Balaban J connectivity index is 2.03. The molecule has 0 radical (unpaired) electrons. The number of nitrogens with zero attached hydrogens (tertiary/aromatic N) is 1. The minimum atomic E-state index is -0.807. The van der Waals surface area contributed by atoms with Crippen molar-refractivity contribution in [2.75, 3.05) is 12.4 Å². The van der Waals surface area contributed by atoms with Gasteiger partial charge in [0.15, 0.2) is 0 Å². The Morgan fingerprint density at radius 2 is 2.38 bits per heavy atom. The van der Waals surface area contributed by atoms with Gasteiger partial charge in [0.25, 0.3) is 0 Å². The van der Waals surface area contributed by atoms with Crippen LogP contribution in [0.1, 0.15) is 12.8 Å². The number of carbonyl (C=O) groups is 1. The Morgan fingerprint density at radius 3 is 2.81 bits per heavy atom. The van der Waals surface area contributed by atoms with Gasteiger partial charge in [-0.2, -0.15) is 0 Å². The number of anilines is 1. The predicted octanol–water partition coefficient (Wildman–Crippen LogP) is 1.37. The highest BCUT2D eigenvalue weighted by Crippen LogP contribution is 2.34. The van der Waals surface area contributed by atoms with Crippen LogP contribution < -0.4 is 10.1 Å². The molecule has 1 aliphatic rings. The van der Waals surface area contributed by atoms with Crippen LogP contribution in [0.5, 0.6) is 5.88 Å². The van der Waals surface area contributed by atoms with E-state index in [4.69, 9.17) is 9.84 Å². The molecule has 1 saturated carbocycles. The van der Waals surface area contributed by atoms with Crippen LogP contribution in [0.2, 0.25) is 0 Å². The maximum absolute atomic E-state index is 11.0. The molecule has 0 bridgehead atoms. The molecule has 1 fully saturated rings. The monoisotopic (exact) mass is 222 g/mol. The molecule has 1 heterocycles. The lowest BCUT2D eigenvalue weighted by atomic mass is 10.2. The van der Waals surface area contributed by atoms with Gasteiger partial charge in [-0.3, -0.25) is 0 Å². The van der Waals surface area contributed by atoms with E-state index in [1.165, 1.54) is 0 Å². The summed E-state index contributed by atoms with van der Waals surface area (Å²) in [6.07, 6.45) is 3.54. The topological polar surface area (TPSA) is 71.5 Å². The Kier molecular flexibility index (Phi) is 2.94. The first-order valence-electron chi connectivity index (χ1n) is 5.20. The third-order valence-electron chi connectivity index (χ3n) is 2.63. The lowest BCUT2D eigenvalue weighted by Crippen LogP contribution is -2.31. The average Bonchev–Trinajstić information content (AvgIpc) is 3.10. The van der Waals surface area contributed by atoms with Gasteiger partial charge in [-0.1, -0.05) is 0 Å². The largest absolute Gasteiger partial charge is 0.481 e. The quantitative estimate of drug-likeness (QED) is 0.787. The Labute approximate surface area is 93.5 Å². The second-order valence-corrected chi connectivity index (χ2v) is 3.89. The number of ether oxygens (including phenoxy) is 1. The molecule has 0 amide bonds. The van der Waals surface area contributed by atoms with Gasteiger partial charge in [0.05, 0.1) is 19.0 Å². The van der Waals surface area contributed by atoms with Gasteiger partial charge in [-0.05, 0) is 24.8 Å². The van der Waals surface area contributed by atoms with Gasteiger partial charge in [0.1, 0.15) is 6.04 Å². The van der Waals surface area contributed by atoms with E-state index in [-0.39, 0.29) is 5.92 Å². The van der Waals surface area contributed by atoms with Gasteiger partial charge < -0.3 is 15.2 Å². The summed E-state index contributed by atoms with van der Waals surface area (Å²) in [7, 11) is 1.54. The summed E-state index contributed by atoms with van der Waals surface area (Å²) in [5, 5.41) is 12.0. The molecule has 1 aromatic rings. The number of nitrogens with one attached hydrogen (secondary N) is 1. The highest BCUT2D eigenvalue weighted by Gasteiger charge is 2.36. The van der Waals surface area contributed by atoms with E-state index >= 15 is 0 Å². The Hall–Kier alpha value is -1.78. The van der Waals surface area contributed by atoms with E-state index < -0.39 is 12.0 Å². The van der Waals surface area contributed by atoms with Crippen molar-refractivity contribution < 1.29 is 14.6 Å². The molecular formula is C11H14N2O3. The standard InChI is InChI=1S/C11H14N2O3/c1-16-9-5-4-8(6-12-9)13-10(11(14)15)7-2-3-7/h4-7,10,13H,2-3H2,1H3,(H,14,15). The fourth-order valence-corrected chi connectivity index (χ4v) is 1.58. The normalized spacial score (nSPS) is 16.6. The van der Waals surface area contributed by atoms with Crippen molar-refractivity contribution in [3.05, 3.63) is 18.3 Å². The lowest BCUT2D eigenvalue weighted by Gasteiger charge is -2.14. The van der Waals surface area contributed by atoms with E-state index in [0.29, 0.717) is 11.6 Å². The molecule has 2 N–H and O–H groups in total. The van der Waals surface area contributed by atoms with Gasteiger partial charge >= 0.3 is 5.97 Å². The van der Waals surface area contributed by atoms with Crippen LogP contribution in [0.15, 0.2) is 18.3 Å². The highest BCUT2D eigenvalue weighted by molar-refractivity contribution is 5.78. The summed E-state index contributed by atoms with van der Waals surface area (Å²) in [5.41, 5.74) is 0.708. The first-order valence-corrected chi connectivity index (χ1v) is 5.20. The third kappa shape index (κ3) is 2.42. The predicted molar refractivity (Wildman–Crippen MR) is 58.6 cm³/mol. The SMILES string of the molecule is COc1ccc(NC(C(=O)O)C2CC2)cn1. The Bertz CT molecular complexity index is 373. The van der Waals surface area contributed by atoms with Gasteiger partial charge in [0.2, 0.25) is 5.88 Å². The van der Waals surface area contributed by atoms with Crippen molar-refractivity contribution in [3.63, 3.8) is 0 Å². The van der Waals surface area contributed by atoms with Gasteiger partial charge in [-0.15, -0.1) is 0 Å². The van der Waals surface area contributed by atoms with Crippen LogP contribution in [0.25, 0.3) is 0 Å². The minimum absolute atomic E-state index is 0.250. The van der Waals surface area contributed by atoms with Crippen LogP contribution in [0.3, 0.4) is 0 Å². The van der Waals surface area contributed by atoms with E-state index in [0.717, 1.165) is 12.8 Å². The molecule has 1 atom stereocenters. The van der Waals surface area contributed by atoms with Crippen LogP contribution in [-0.4, -0.2) is 29.2 Å². The number of hydrogen-bond acceptors (Lipinski definition) is 4. The lowest BCUT2D eigenvalue weighted by molar-refractivity contribution is -0.138. The third-order valence-corrected chi connectivity index (χ3v) is 2.63. The molecule has 0 aliphatic heterocycles. The molecule has 0 saturated heterocycles. The molecule has 2 rings (SSSR count). The molecule has 1 aliphatic carbocycles. The zero-order valence-electron chi connectivity index (χ0n) is 9.01. The fourth-order valence-electron chi connectivity index (χ4n) is 1.58. The number of aliphatic carboxylic acids is 1. The van der Waals surface area contributed by atoms with Crippen LogP contribution in [0.4, 0.5) is 5.69 Å². The van der Waals surface area contributed by atoms with Crippen molar-refractivity contribution in [3.8, 4) is 5.88 Å². The zero-order valence-corrected chi connectivity index (χ0v) is 9.01. The summed E-state index contributed by atoms with van der Waals surface area (Å²) in [6, 6.07) is 2.97. The van der Waals surface area contributed by atoms with Crippen molar-refractivity contribution in [2.45, 2.75) is 18.9 Å². The summed E-state index contributed by atoms with van der Waals surface area (Å²) >= 11 is 0. The average molecular weight is 222 g/mol. The molecule has 86 valence electrons. The van der Waals surface area contributed by atoms with Gasteiger partial charge in [0, 0.05) is 6.07 Å². The maximum Gasteiger partial charge on any atom is 0.326 e. The number of methoxy groups -OCH3 is 1. The molecule has 5 heteroatoms.